The average Bonchev–Trinajstić information content (AvgIpc) is 2.73. The van der Waals surface area contributed by atoms with Crippen molar-refractivity contribution >= 4 is 23.4 Å². The van der Waals surface area contributed by atoms with Crippen molar-refractivity contribution in [1.29, 1.82) is 0 Å². The molecular formula is C12H20N4S. The fourth-order valence-corrected chi connectivity index (χ4v) is 3.40. The quantitative estimate of drug-likeness (QED) is 0.861. The maximum absolute atomic E-state index is 5.77. The van der Waals surface area contributed by atoms with Crippen LogP contribution in [0.3, 0.4) is 0 Å². The normalized spacial score (nSPS) is 23.9. The molecule has 0 saturated heterocycles. The molecule has 3 N–H and O–H groups in total. The summed E-state index contributed by atoms with van der Waals surface area (Å²) in [6.45, 7) is 4.19. The second kappa shape index (κ2) is 5.58. The largest absolute Gasteiger partial charge is 0.383 e. The van der Waals surface area contributed by atoms with E-state index in [1.165, 1.54) is 31.3 Å². The number of nitrogens with one attached hydrogen (secondary N) is 1. The molecule has 0 aliphatic heterocycles. The van der Waals surface area contributed by atoms with Crippen molar-refractivity contribution in [1.82, 2.24) is 9.97 Å². The SMILES string of the molecule is CCSC1CCC(Nc2ncnc(N)c2C)C1. The zero-order valence-electron chi connectivity index (χ0n) is 10.4. The average molecular weight is 252 g/mol. The van der Waals surface area contributed by atoms with Crippen molar-refractivity contribution in [2.75, 3.05) is 16.8 Å². The molecule has 1 aromatic rings. The highest BCUT2D eigenvalue weighted by Crippen LogP contribution is 2.31. The first kappa shape index (κ1) is 12.5. The third-order valence-electron chi connectivity index (χ3n) is 3.25. The monoisotopic (exact) mass is 252 g/mol. The van der Waals surface area contributed by atoms with Crippen molar-refractivity contribution < 1.29 is 0 Å². The van der Waals surface area contributed by atoms with Crippen LogP contribution >= 0.6 is 11.8 Å². The van der Waals surface area contributed by atoms with Gasteiger partial charge in [0, 0.05) is 16.9 Å². The molecule has 0 amide bonds. The summed E-state index contributed by atoms with van der Waals surface area (Å²) in [7, 11) is 0. The van der Waals surface area contributed by atoms with Crippen LogP contribution in [0.1, 0.15) is 31.7 Å². The van der Waals surface area contributed by atoms with Gasteiger partial charge in [0.15, 0.2) is 0 Å². The molecule has 1 fully saturated rings. The molecule has 1 saturated carbocycles. The minimum atomic E-state index is 0.534. The van der Waals surface area contributed by atoms with E-state index in [-0.39, 0.29) is 0 Å². The van der Waals surface area contributed by atoms with Gasteiger partial charge in [0.05, 0.1) is 0 Å². The molecular weight excluding hydrogens is 232 g/mol. The predicted molar refractivity (Wildman–Crippen MR) is 74.4 cm³/mol. The van der Waals surface area contributed by atoms with Gasteiger partial charge in [0.1, 0.15) is 18.0 Å². The Labute approximate surface area is 107 Å². The molecule has 17 heavy (non-hydrogen) atoms. The van der Waals surface area contributed by atoms with Crippen LogP contribution in [0.15, 0.2) is 6.33 Å². The van der Waals surface area contributed by atoms with Crippen molar-refractivity contribution in [3.63, 3.8) is 0 Å². The molecule has 2 rings (SSSR count). The summed E-state index contributed by atoms with van der Waals surface area (Å²) in [5, 5.41) is 4.30. The summed E-state index contributed by atoms with van der Waals surface area (Å²) >= 11 is 2.06. The fourth-order valence-electron chi connectivity index (χ4n) is 2.26. The fraction of sp³-hybridized carbons (Fsp3) is 0.667. The Morgan fingerprint density at radius 2 is 2.29 bits per heavy atom. The highest BCUT2D eigenvalue weighted by atomic mass is 32.2. The maximum atomic E-state index is 5.77. The van der Waals surface area contributed by atoms with Gasteiger partial charge < -0.3 is 11.1 Å². The number of aromatic nitrogens is 2. The van der Waals surface area contributed by atoms with Crippen LogP contribution in [0.2, 0.25) is 0 Å². The molecule has 0 spiro atoms. The second-order valence-corrected chi connectivity index (χ2v) is 6.04. The minimum absolute atomic E-state index is 0.534. The van der Waals surface area contributed by atoms with Gasteiger partial charge in [-0.05, 0) is 31.9 Å². The zero-order chi connectivity index (χ0) is 12.3. The van der Waals surface area contributed by atoms with E-state index < -0.39 is 0 Å². The van der Waals surface area contributed by atoms with Gasteiger partial charge in [-0.1, -0.05) is 6.92 Å². The minimum Gasteiger partial charge on any atom is -0.383 e. The van der Waals surface area contributed by atoms with Gasteiger partial charge in [-0.3, -0.25) is 0 Å². The van der Waals surface area contributed by atoms with E-state index >= 15 is 0 Å². The number of anilines is 2. The Kier molecular flexibility index (Phi) is 4.10. The molecule has 94 valence electrons. The van der Waals surface area contributed by atoms with E-state index in [9.17, 15) is 0 Å². The van der Waals surface area contributed by atoms with E-state index in [1.807, 2.05) is 6.92 Å². The lowest BCUT2D eigenvalue weighted by molar-refractivity contribution is 0.750. The molecule has 1 heterocycles. The summed E-state index contributed by atoms with van der Waals surface area (Å²) in [6.07, 6.45) is 5.27. The van der Waals surface area contributed by atoms with Crippen molar-refractivity contribution in [2.45, 2.75) is 44.4 Å². The third-order valence-corrected chi connectivity index (χ3v) is 4.48. The number of nitrogens with zero attached hydrogens (tertiary/aromatic N) is 2. The molecule has 2 unspecified atom stereocenters. The lowest BCUT2D eigenvalue weighted by Crippen LogP contribution is -2.18. The lowest BCUT2D eigenvalue weighted by Gasteiger charge is -2.15. The van der Waals surface area contributed by atoms with Crippen LogP contribution in [-0.4, -0.2) is 27.0 Å². The highest BCUT2D eigenvalue weighted by molar-refractivity contribution is 7.99. The maximum Gasteiger partial charge on any atom is 0.134 e. The van der Waals surface area contributed by atoms with Gasteiger partial charge in [0.2, 0.25) is 0 Å². The number of thioether (sulfide) groups is 1. The summed E-state index contributed by atoms with van der Waals surface area (Å²) < 4.78 is 0. The second-order valence-electron chi connectivity index (χ2n) is 4.46. The predicted octanol–water partition coefficient (Wildman–Crippen LogP) is 2.45. The van der Waals surface area contributed by atoms with Crippen LogP contribution < -0.4 is 11.1 Å². The van der Waals surface area contributed by atoms with Gasteiger partial charge in [0.25, 0.3) is 0 Å². The highest BCUT2D eigenvalue weighted by Gasteiger charge is 2.25. The van der Waals surface area contributed by atoms with Gasteiger partial charge in [-0.15, -0.1) is 0 Å². The Hall–Kier alpha value is -0.970. The Morgan fingerprint density at radius 1 is 1.47 bits per heavy atom. The first-order valence-corrected chi connectivity index (χ1v) is 7.20. The summed E-state index contributed by atoms with van der Waals surface area (Å²) in [6, 6.07) is 0.534. The molecule has 4 nitrogen and oxygen atoms in total. The van der Waals surface area contributed by atoms with E-state index in [0.717, 1.165) is 16.6 Å². The van der Waals surface area contributed by atoms with E-state index in [4.69, 9.17) is 5.73 Å². The molecule has 0 bridgehead atoms. The first-order valence-electron chi connectivity index (χ1n) is 6.16. The lowest BCUT2D eigenvalue weighted by atomic mass is 10.2. The smallest absolute Gasteiger partial charge is 0.134 e. The molecule has 5 heteroatoms. The Bertz CT molecular complexity index is 383. The summed E-state index contributed by atoms with van der Waals surface area (Å²) in [4.78, 5) is 8.25. The van der Waals surface area contributed by atoms with Crippen LogP contribution in [0, 0.1) is 6.92 Å². The van der Waals surface area contributed by atoms with E-state index in [2.05, 4.69) is 34.0 Å². The van der Waals surface area contributed by atoms with Gasteiger partial charge in [-0.25, -0.2) is 9.97 Å². The van der Waals surface area contributed by atoms with Crippen LogP contribution in [0.4, 0.5) is 11.6 Å². The molecule has 0 aromatic carbocycles. The number of hydrogen-bond donors (Lipinski definition) is 2. The van der Waals surface area contributed by atoms with Crippen LogP contribution in [0.25, 0.3) is 0 Å². The van der Waals surface area contributed by atoms with Crippen molar-refractivity contribution in [3.8, 4) is 0 Å². The summed E-state index contributed by atoms with van der Waals surface area (Å²) in [5.74, 6) is 2.67. The van der Waals surface area contributed by atoms with Crippen molar-refractivity contribution in [2.24, 2.45) is 0 Å². The molecule has 2 atom stereocenters. The Balaban J connectivity index is 1.96. The van der Waals surface area contributed by atoms with Crippen LogP contribution in [-0.2, 0) is 0 Å². The first-order chi connectivity index (χ1) is 8.20. The number of nitrogens with two attached hydrogens (primary N) is 1. The molecule has 1 aliphatic carbocycles. The number of rotatable bonds is 4. The summed E-state index contributed by atoms with van der Waals surface area (Å²) in [5.41, 5.74) is 6.73. The number of hydrogen-bond acceptors (Lipinski definition) is 5. The van der Waals surface area contributed by atoms with Crippen LogP contribution in [0.5, 0.6) is 0 Å². The number of nitrogen functional groups attached to an aromatic ring is 1. The van der Waals surface area contributed by atoms with Gasteiger partial charge >= 0.3 is 0 Å². The molecule has 0 radical (unpaired) electrons. The standard InChI is InChI=1S/C12H20N4S/c1-3-17-10-5-4-9(6-10)16-12-8(2)11(13)14-7-15-12/h7,9-10H,3-6H2,1-2H3,(H3,13,14,15,16). The van der Waals surface area contributed by atoms with Gasteiger partial charge in [-0.2, -0.15) is 11.8 Å². The zero-order valence-corrected chi connectivity index (χ0v) is 11.3. The van der Waals surface area contributed by atoms with E-state index in [0.29, 0.717) is 11.9 Å². The third kappa shape index (κ3) is 3.03. The van der Waals surface area contributed by atoms with Crippen molar-refractivity contribution in [3.05, 3.63) is 11.9 Å². The topological polar surface area (TPSA) is 63.8 Å². The Morgan fingerprint density at radius 3 is 3.06 bits per heavy atom. The molecule has 1 aliphatic rings. The van der Waals surface area contributed by atoms with E-state index in [1.54, 1.807) is 0 Å². The molecule has 1 aromatic heterocycles.